The van der Waals surface area contributed by atoms with Crippen LogP contribution in [0.2, 0.25) is 0 Å². The van der Waals surface area contributed by atoms with Gasteiger partial charge in [0, 0.05) is 10.7 Å². The van der Waals surface area contributed by atoms with Crippen LogP contribution in [0.25, 0.3) is 0 Å². The number of nitrogens with one attached hydrogen (secondary N) is 2. The fourth-order valence-corrected chi connectivity index (χ4v) is 1.69. The molecule has 0 fully saturated rings. The summed E-state index contributed by atoms with van der Waals surface area (Å²) >= 11 is 3.20. The van der Waals surface area contributed by atoms with E-state index in [9.17, 15) is 9.90 Å². The van der Waals surface area contributed by atoms with Crippen LogP contribution in [0.4, 0.5) is 0 Å². The molecule has 2 rings (SSSR count). The summed E-state index contributed by atoms with van der Waals surface area (Å²) in [6.07, 6.45) is 3.23. The molecule has 1 aromatic heterocycles. The molecule has 0 radical (unpaired) electrons. The monoisotopic (exact) mass is 307 g/mol. The van der Waals surface area contributed by atoms with Gasteiger partial charge in [-0.3, -0.25) is 4.79 Å². The van der Waals surface area contributed by atoms with Crippen molar-refractivity contribution < 1.29 is 9.90 Å². The van der Waals surface area contributed by atoms with Crippen LogP contribution in [-0.2, 0) is 0 Å². The average Bonchev–Trinajstić information content (AvgIpc) is 2.81. The van der Waals surface area contributed by atoms with Crippen LogP contribution in [0.3, 0.4) is 0 Å². The third-order valence-corrected chi connectivity index (χ3v) is 2.69. The Bertz CT molecular complexity index is 579. The number of amides is 1. The summed E-state index contributed by atoms with van der Waals surface area (Å²) in [4.78, 5) is 14.6. The second kappa shape index (κ2) is 5.50. The standard InChI is InChI=1S/C12H10BrN3O2/c13-8-3-4-10(11(17)6-8)12(18)16-15-7-9-2-1-5-14-9/h1-7,14,17H,(H,16,18)/b15-7+. The molecule has 5 nitrogen and oxygen atoms in total. The number of hydrogen-bond acceptors (Lipinski definition) is 3. The number of phenolic OH excluding ortho intramolecular Hbond substituents is 1. The number of carbonyl (C=O) groups is 1. The van der Waals surface area contributed by atoms with Crippen molar-refractivity contribution in [2.45, 2.75) is 0 Å². The summed E-state index contributed by atoms with van der Waals surface area (Å²) in [6.45, 7) is 0. The van der Waals surface area contributed by atoms with Crippen LogP contribution in [0.15, 0.2) is 46.1 Å². The number of phenols is 1. The first-order valence-electron chi connectivity index (χ1n) is 5.12. The van der Waals surface area contributed by atoms with E-state index in [1.807, 2.05) is 12.1 Å². The molecule has 0 saturated carbocycles. The normalized spacial score (nSPS) is 10.7. The molecule has 3 N–H and O–H groups in total. The lowest BCUT2D eigenvalue weighted by atomic mass is 10.2. The first kappa shape index (κ1) is 12.4. The molecular formula is C12H10BrN3O2. The third-order valence-electron chi connectivity index (χ3n) is 2.20. The Balaban J connectivity index is 2.04. The predicted molar refractivity (Wildman–Crippen MR) is 71.7 cm³/mol. The zero-order valence-electron chi connectivity index (χ0n) is 9.22. The van der Waals surface area contributed by atoms with Crippen LogP contribution in [-0.4, -0.2) is 22.2 Å². The second-order valence-corrected chi connectivity index (χ2v) is 4.40. The molecule has 0 spiro atoms. The van der Waals surface area contributed by atoms with Crippen LogP contribution < -0.4 is 5.43 Å². The quantitative estimate of drug-likeness (QED) is 0.601. The molecule has 1 amide bonds. The molecule has 0 aliphatic carbocycles. The van der Waals surface area contributed by atoms with Crippen LogP contribution >= 0.6 is 15.9 Å². The molecule has 0 unspecified atom stereocenters. The van der Waals surface area contributed by atoms with Gasteiger partial charge in [0.2, 0.25) is 0 Å². The highest BCUT2D eigenvalue weighted by molar-refractivity contribution is 9.10. The molecule has 0 bridgehead atoms. The Morgan fingerprint density at radius 3 is 2.94 bits per heavy atom. The van der Waals surface area contributed by atoms with Gasteiger partial charge in [-0.15, -0.1) is 0 Å². The Morgan fingerprint density at radius 1 is 1.44 bits per heavy atom. The molecule has 0 saturated heterocycles. The molecule has 1 aromatic carbocycles. The molecule has 2 aromatic rings. The van der Waals surface area contributed by atoms with Gasteiger partial charge in [0.15, 0.2) is 0 Å². The average molecular weight is 308 g/mol. The maximum Gasteiger partial charge on any atom is 0.275 e. The summed E-state index contributed by atoms with van der Waals surface area (Å²) < 4.78 is 0.700. The van der Waals surface area contributed by atoms with Crippen molar-refractivity contribution in [3.05, 3.63) is 52.3 Å². The van der Waals surface area contributed by atoms with Gasteiger partial charge >= 0.3 is 0 Å². The van der Waals surface area contributed by atoms with E-state index in [0.29, 0.717) is 4.47 Å². The highest BCUT2D eigenvalue weighted by Crippen LogP contribution is 2.21. The van der Waals surface area contributed by atoms with Crippen molar-refractivity contribution in [1.29, 1.82) is 0 Å². The minimum Gasteiger partial charge on any atom is -0.507 e. The number of hydrogen-bond donors (Lipinski definition) is 3. The smallest absolute Gasteiger partial charge is 0.275 e. The van der Waals surface area contributed by atoms with E-state index in [2.05, 4.69) is 31.4 Å². The zero-order chi connectivity index (χ0) is 13.0. The Kier molecular flexibility index (Phi) is 3.78. The number of rotatable bonds is 3. The second-order valence-electron chi connectivity index (χ2n) is 3.49. The molecule has 6 heteroatoms. The summed E-state index contributed by atoms with van der Waals surface area (Å²) in [5.74, 6) is -0.570. The first-order valence-corrected chi connectivity index (χ1v) is 5.91. The van der Waals surface area contributed by atoms with Crippen LogP contribution in [0.5, 0.6) is 5.75 Å². The number of H-pyrrole nitrogens is 1. The Hall–Kier alpha value is -2.08. The van der Waals surface area contributed by atoms with E-state index in [4.69, 9.17) is 0 Å². The number of hydrazone groups is 1. The lowest BCUT2D eigenvalue weighted by Crippen LogP contribution is -2.17. The molecular weight excluding hydrogens is 298 g/mol. The summed E-state index contributed by atoms with van der Waals surface area (Å²) in [7, 11) is 0. The van der Waals surface area contributed by atoms with Gasteiger partial charge in [-0.1, -0.05) is 15.9 Å². The number of halogens is 1. The van der Waals surface area contributed by atoms with E-state index in [1.54, 1.807) is 12.3 Å². The molecule has 0 atom stereocenters. The number of nitrogens with zero attached hydrogens (tertiary/aromatic N) is 1. The van der Waals surface area contributed by atoms with Crippen molar-refractivity contribution in [3.63, 3.8) is 0 Å². The molecule has 0 aliphatic heterocycles. The highest BCUT2D eigenvalue weighted by Gasteiger charge is 2.09. The van der Waals surface area contributed by atoms with Crippen LogP contribution in [0.1, 0.15) is 16.1 Å². The van der Waals surface area contributed by atoms with Crippen molar-refractivity contribution >= 4 is 28.1 Å². The lowest BCUT2D eigenvalue weighted by Gasteiger charge is -2.02. The van der Waals surface area contributed by atoms with Crippen molar-refractivity contribution in [1.82, 2.24) is 10.4 Å². The maximum absolute atomic E-state index is 11.7. The van der Waals surface area contributed by atoms with Crippen molar-refractivity contribution in [3.8, 4) is 5.75 Å². The van der Waals surface area contributed by atoms with E-state index >= 15 is 0 Å². The summed E-state index contributed by atoms with van der Waals surface area (Å²) in [5.41, 5.74) is 3.27. The van der Waals surface area contributed by atoms with E-state index in [-0.39, 0.29) is 11.3 Å². The third kappa shape index (κ3) is 2.98. The zero-order valence-corrected chi connectivity index (χ0v) is 10.8. The van der Waals surface area contributed by atoms with Gasteiger partial charge in [-0.25, -0.2) is 5.43 Å². The number of aromatic amines is 1. The fraction of sp³-hybridized carbons (Fsp3) is 0. The van der Waals surface area contributed by atoms with Gasteiger partial charge in [-0.2, -0.15) is 5.10 Å². The lowest BCUT2D eigenvalue weighted by molar-refractivity contribution is 0.0952. The molecule has 0 aliphatic rings. The fourth-order valence-electron chi connectivity index (χ4n) is 1.34. The van der Waals surface area contributed by atoms with Gasteiger partial charge < -0.3 is 10.1 Å². The highest BCUT2D eigenvalue weighted by atomic mass is 79.9. The Labute approximate surface area is 112 Å². The summed E-state index contributed by atoms with van der Waals surface area (Å²) in [6, 6.07) is 8.27. The van der Waals surface area contributed by atoms with E-state index in [0.717, 1.165) is 5.69 Å². The largest absolute Gasteiger partial charge is 0.507 e. The topological polar surface area (TPSA) is 77.5 Å². The predicted octanol–water partition coefficient (Wildman–Crippen LogP) is 2.25. The van der Waals surface area contributed by atoms with Gasteiger partial charge in [0.1, 0.15) is 5.75 Å². The number of carbonyl (C=O) groups excluding carboxylic acids is 1. The van der Waals surface area contributed by atoms with Crippen molar-refractivity contribution in [2.24, 2.45) is 5.10 Å². The minimum absolute atomic E-state index is 0.100. The van der Waals surface area contributed by atoms with Crippen LogP contribution in [0, 0.1) is 0 Å². The Morgan fingerprint density at radius 2 is 2.28 bits per heavy atom. The maximum atomic E-state index is 11.7. The number of benzene rings is 1. The minimum atomic E-state index is -0.470. The van der Waals surface area contributed by atoms with E-state index in [1.165, 1.54) is 18.3 Å². The van der Waals surface area contributed by atoms with Crippen molar-refractivity contribution in [2.75, 3.05) is 0 Å². The number of aromatic nitrogens is 1. The van der Waals surface area contributed by atoms with E-state index < -0.39 is 5.91 Å². The molecule has 92 valence electrons. The molecule has 1 heterocycles. The summed E-state index contributed by atoms with van der Waals surface area (Å²) in [5, 5.41) is 13.4. The van der Waals surface area contributed by atoms with Gasteiger partial charge in [0.25, 0.3) is 5.91 Å². The first-order chi connectivity index (χ1) is 8.66. The SMILES string of the molecule is O=C(N/N=C/c1ccc[nH]1)c1ccc(Br)cc1O. The van der Waals surface area contributed by atoms with Gasteiger partial charge in [-0.05, 0) is 30.3 Å². The van der Waals surface area contributed by atoms with Gasteiger partial charge in [0.05, 0.1) is 17.5 Å². The number of aromatic hydroxyl groups is 1. The molecule has 18 heavy (non-hydrogen) atoms.